The first-order chi connectivity index (χ1) is 9.79. The minimum absolute atomic E-state index is 0.211. The van der Waals surface area contributed by atoms with E-state index in [9.17, 15) is 22.0 Å². The molecule has 0 aliphatic carbocycles. The lowest BCUT2D eigenvalue weighted by atomic mass is 9.92. The van der Waals surface area contributed by atoms with Crippen LogP contribution in [-0.4, -0.2) is 25.4 Å². The van der Waals surface area contributed by atoms with Crippen molar-refractivity contribution in [3.63, 3.8) is 0 Å². The van der Waals surface area contributed by atoms with Crippen molar-refractivity contribution >= 4 is 0 Å². The van der Waals surface area contributed by atoms with Crippen LogP contribution < -0.4 is 10.1 Å². The largest absolute Gasteiger partial charge is 0.499 e. The molecule has 0 bridgehead atoms. The minimum atomic E-state index is -5.73. The summed E-state index contributed by atoms with van der Waals surface area (Å²) in [5.41, 5.74) is 0.370. The predicted octanol–water partition coefficient (Wildman–Crippen LogP) is 3.76. The maximum absolute atomic E-state index is 13.0. The Morgan fingerprint density at radius 3 is 2.48 bits per heavy atom. The molecule has 1 saturated heterocycles. The zero-order valence-corrected chi connectivity index (χ0v) is 11.2. The first-order valence-corrected chi connectivity index (χ1v) is 6.72. The summed E-state index contributed by atoms with van der Waals surface area (Å²) in [5.74, 6) is -0.201. The SMILES string of the molecule is FC(F)(F)C(F)(F)Oc1ccccc1CC1CCCNC1. The van der Waals surface area contributed by atoms with Gasteiger partial charge in [-0.05, 0) is 49.9 Å². The van der Waals surface area contributed by atoms with Gasteiger partial charge < -0.3 is 10.1 Å². The molecule has 0 radical (unpaired) electrons. The van der Waals surface area contributed by atoms with Crippen LogP contribution in [0.4, 0.5) is 22.0 Å². The van der Waals surface area contributed by atoms with Gasteiger partial charge in [0.05, 0.1) is 0 Å². The highest BCUT2D eigenvalue weighted by molar-refractivity contribution is 5.34. The fraction of sp³-hybridized carbons (Fsp3) is 0.571. The molecule has 1 atom stereocenters. The standard InChI is InChI=1S/C14H16F5NO/c15-13(16,17)14(18,19)21-12-6-2-1-5-11(12)8-10-4-3-7-20-9-10/h1-2,5-6,10,20H,3-4,7-9H2. The molecule has 1 aromatic rings. The van der Waals surface area contributed by atoms with Gasteiger partial charge in [0.2, 0.25) is 0 Å². The van der Waals surface area contributed by atoms with E-state index >= 15 is 0 Å². The molecule has 1 heterocycles. The van der Waals surface area contributed by atoms with Crippen molar-refractivity contribution < 1.29 is 26.7 Å². The van der Waals surface area contributed by atoms with Crippen LogP contribution in [0.15, 0.2) is 24.3 Å². The van der Waals surface area contributed by atoms with Crippen LogP contribution in [0.2, 0.25) is 0 Å². The van der Waals surface area contributed by atoms with E-state index < -0.39 is 18.0 Å². The predicted molar refractivity (Wildman–Crippen MR) is 67.4 cm³/mol. The summed E-state index contributed by atoms with van der Waals surface area (Å²) in [4.78, 5) is 0. The number of para-hydroxylation sites is 1. The molecule has 1 N–H and O–H groups in total. The summed E-state index contributed by atoms with van der Waals surface area (Å²) < 4.78 is 66.7. The number of alkyl halides is 5. The van der Waals surface area contributed by atoms with E-state index in [1.807, 2.05) is 0 Å². The third-order valence-electron chi connectivity index (χ3n) is 3.45. The van der Waals surface area contributed by atoms with Gasteiger partial charge >= 0.3 is 12.3 Å². The van der Waals surface area contributed by atoms with Crippen LogP contribution in [0.25, 0.3) is 0 Å². The Balaban J connectivity index is 2.13. The van der Waals surface area contributed by atoms with Crippen molar-refractivity contribution in [1.29, 1.82) is 0 Å². The summed E-state index contributed by atoms with van der Waals surface area (Å²) >= 11 is 0. The summed E-state index contributed by atoms with van der Waals surface area (Å²) in [6, 6.07) is 5.65. The molecule has 1 fully saturated rings. The summed E-state index contributed by atoms with van der Waals surface area (Å²) in [6.07, 6.45) is -8.62. The third-order valence-corrected chi connectivity index (χ3v) is 3.45. The first-order valence-electron chi connectivity index (χ1n) is 6.72. The highest BCUT2D eigenvalue weighted by Gasteiger charge is 2.61. The second kappa shape index (κ2) is 6.17. The minimum Gasteiger partial charge on any atom is -0.425 e. The number of halogens is 5. The number of benzene rings is 1. The smallest absolute Gasteiger partial charge is 0.425 e. The van der Waals surface area contributed by atoms with E-state index in [0.29, 0.717) is 12.0 Å². The average Bonchev–Trinajstić information content (AvgIpc) is 2.40. The summed E-state index contributed by atoms with van der Waals surface area (Å²) in [6.45, 7) is 1.63. The Morgan fingerprint density at radius 1 is 1.14 bits per heavy atom. The molecule has 2 nitrogen and oxygen atoms in total. The third kappa shape index (κ3) is 4.06. The van der Waals surface area contributed by atoms with Crippen molar-refractivity contribution in [1.82, 2.24) is 5.32 Å². The highest BCUT2D eigenvalue weighted by atomic mass is 19.4. The molecule has 1 unspecified atom stereocenters. The van der Waals surface area contributed by atoms with E-state index in [2.05, 4.69) is 10.1 Å². The van der Waals surface area contributed by atoms with Crippen LogP contribution in [-0.2, 0) is 6.42 Å². The molecular formula is C14H16F5NO. The van der Waals surface area contributed by atoms with Crippen LogP contribution >= 0.6 is 0 Å². The van der Waals surface area contributed by atoms with Crippen molar-refractivity contribution in [2.24, 2.45) is 5.92 Å². The molecule has 118 valence electrons. The zero-order chi connectivity index (χ0) is 15.5. The second-order valence-corrected chi connectivity index (χ2v) is 5.14. The van der Waals surface area contributed by atoms with E-state index in [0.717, 1.165) is 32.0 Å². The van der Waals surface area contributed by atoms with E-state index in [4.69, 9.17) is 0 Å². The lowest BCUT2D eigenvalue weighted by Gasteiger charge is -2.25. The zero-order valence-electron chi connectivity index (χ0n) is 11.2. The Labute approximate surface area is 119 Å². The van der Waals surface area contributed by atoms with Gasteiger partial charge in [0.25, 0.3) is 0 Å². The lowest BCUT2D eigenvalue weighted by molar-refractivity contribution is -0.360. The van der Waals surface area contributed by atoms with Crippen LogP contribution in [0.3, 0.4) is 0 Å². The average molecular weight is 309 g/mol. The number of rotatable bonds is 4. The van der Waals surface area contributed by atoms with E-state index in [1.54, 1.807) is 6.07 Å². The van der Waals surface area contributed by atoms with Gasteiger partial charge in [-0.1, -0.05) is 18.2 Å². The lowest BCUT2D eigenvalue weighted by Crippen LogP contribution is -2.42. The Hall–Kier alpha value is -1.37. The molecule has 1 aliphatic rings. The number of nitrogens with one attached hydrogen (secondary N) is 1. The number of piperidine rings is 1. The van der Waals surface area contributed by atoms with Crippen molar-refractivity contribution in [2.45, 2.75) is 31.5 Å². The normalized spacial score (nSPS) is 20.3. The quantitative estimate of drug-likeness (QED) is 0.855. The van der Waals surface area contributed by atoms with Gasteiger partial charge in [-0.2, -0.15) is 22.0 Å². The van der Waals surface area contributed by atoms with Gasteiger partial charge in [0, 0.05) is 0 Å². The maximum atomic E-state index is 13.0. The Kier molecular flexibility index (Phi) is 4.70. The molecule has 0 amide bonds. The molecule has 0 spiro atoms. The van der Waals surface area contributed by atoms with Crippen molar-refractivity contribution in [3.05, 3.63) is 29.8 Å². The van der Waals surface area contributed by atoms with Crippen molar-refractivity contribution in [2.75, 3.05) is 13.1 Å². The van der Waals surface area contributed by atoms with Crippen LogP contribution in [0.5, 0.6) is 5.75 Å². The Bertz CT molecular complexity index is 469. The van der Waals surface area contributed by atoms with Crippen LogP contribution in [0, 0.1) is 5.92 Å². The monoisotopic (exact) mass is 309 g/mol. The second-order valence-electron chi connectivity index (χ2n) is 5.14. The highest BCUT2D eigenvalue weighted by Crippen LogP contribution is 2.38. The first kappa shape index (κ1) is 16.0. The molecule has 0 saturated carbocycles. The number of ether oxygens (including phenoxy) is 1. The fourth-order valence-corrected chi connectivity index (χ4v) is 2.38. The molecule has 21 heavy (non-hydrogen) atoms. The summed E-state index contributed by atoms with van der Waals surface area (Å²) in [5, 5.41) is 3.18. The molecule has 1 aliphatic heterocycles. The fourth-order valence-electron chi connectivity index (χ4n) is 2.38. The molecule has 2 rings (SSSR count). The van der Waals surface area contributed by atoms with Gasteiger partial charge in [0.15, 0.2) is 0 Å². The van der Waals surface area contributed by atoms with Gasteiger partial charge in [-0.25, -0.2) is 0 Å². The van der Waals surface area contributed by atoms with Gasteiger partial charge in [-0.3, -0.25) is 0 Å². The number of hydrogen-bond donors (Lipinski definition) is 1. The van der Waals surface area contributed by atoms with E-state index in [1.165, 1.54) is 12.1 Å². The Morgan fingerprint density at radius 2 is 1.86 bits per heavy atom. The molecular weight excluding hydrogens is 293 g/mol. The van der Waals surface area contributed by atoms with E-state index in [-0.39, 0.29) is 5.92 Å². The molecule has 0 aromatic heterocycles. The number of hydrogen-bond acceptors (Lipinski definition) is 2. The molecule has 7 heteroatoms. The van der Waals surface area contributed by atoms with Crippen LogP contribution in [0.1, 0.15) is 18.4 Å². The van der Waals surface area contributed by atoms with Gasteiger partial charge in [0.1, 0.15) is 5.75 Å². The maximum Gasteiger partial charge on any atom is 0.499 e. The van der Waals surface area contributed by atoms with Crippen molar-refractivity contribution in [3.8, 4) is 5.75 Å². The molecule has 1 aromatic carbocycles. The topological polar surface area (TPSA) is 21.3 Å². The summed E-state index contributed by atoms with van der Waals surface area (Å²) in [7, 11) is 0. The van der Waals surface area contributed by atoms with Gasteiger partial charge in [-0.15, -0.1) is 0 Å².